The normalized spacial score (nSPS) is 55.8. The molecule has 3 aliphatic rings. The molecule has 0 spiro atoms. The third-order valence-corrected chi connectivity index (χ3v) is 4.49. The quantitative estimate of drug-likeness (QED) is 0.511. The Morgan fingerprint density at radius 2 is 2.33 bits per heavy atom. The van der Waals surface area contributed by atoms with Crippen LogP contribution in [0.3, 0.4) is 0 Å². The highest BCUT2D eigenvalue weighted by molar-refractivity contribution is 5.80. The van der Waals surface area contributed by atoms with Crippen LogP contribution >= 0.6 is 0 Å². The van der Waals surface area contributed by atoms with Crippen molar-refractivity contribution in [3.05, 3.63) is 0 Å². The molecule has 0 radical (unpaired) electrons. The Morgan fingerprint density at radius 3 is 3.08 bits per heavy atom. The van der Waals surface area contributed by atoms with Crippen molar-refractivity contribution in [3.8, 4) is 0 Å². The lowest BCUT2D eigenvalue weighted by atomic mass is 9.69. The number of esters is 1. The topological polar surface area (TPSA) is 26.3 Å². The minimum absolute atomic E-state index is 0.0804. The van der Waals surface area contributed by atoms with Crippen LogP contribution in [-0.2, 0) is 9.53 Å². The highest BCUT2D eigenvalue weighted by Crippen LogP contribution is 2.62. The predicted octanol–water partition coefficient (Wildman–Crippen LogP) is 1.60. The average molecular weight is 166 g/mol. The molecule has 0 aromatic heterocycles. The Labute approximate surface area is 72.3 Å². The van der Waals surface area contributed by atoms with E-state index in [9.17, 15) is 4.79 Å². The third kappa shape index (κ3) is 0.540. The highest BCUT2D eigenvalue weighted by atomic mass is 16.5. The summed E-state index contributed by atoms with van der Waals surface area (Å²) in [5.74, 6) is 2.08. The van der Waals surface area contributed by atoms with Crippen molar-refractivity contribution >= 4 is 5.97 Å². The van der Waals surface area contributed by atoms with Crippen LogP contribution in [0.1, 0.15) is 26.2 Å². The molecule has 3 fully saturated rings. The Bertz CT molecular complexity index is 248. The number of carbonyl (C=O) groups is 1. The van der Waals surface area contributed by atoms with Crippen molar-refractivity contribution in [2.75, 3.05) is 6.61 Å². The van der Waals surface area contributed by atoms with E-state index >= 15 is 0 Å². The predicted molar refractivity (Wildman–Crippen MR) is 43.4 cm³/mol. The van der Waals surface area contributed by atoms with Crippen molar-refractivity contribution < 1.29 is 9.53 Å². The lowest BCUT2D eigenvalue weighted by molar-refractivity contribution is -0.147. The fourth-order valence-electron chi connectivity index (χ4n) is 3.67. The first-order valence-electron chi connectivity index (χ1n) is 4.90. The van der Waals surface area contributed by atoms with E-state index in [1.165, 1.54) is 19.3 Å². The number of rotatable bonds is 0. The van der Waals surface area contributed by atoms with E-state index in [1.54, 1.807) is 0 Å². The van der Waals surface area contributed by atoms with Gasteiger partial charge in [0.1, 0.15) is 0 Å². The first-order valence-corrected chi connectivity index (χ1v) is 4.90. The number of hydrogen-bond acceptors (Lipinski definition) is 2. The zero-order chi connectivity index (χ0) is 8.34. The lowest BCUT2D eigenvalue weighted by Crippen LogP contribution is -2.35. The summed E-state index contributed by atoms with van der Waals surface area (Å²) in [7, 11) is 0. The summed E-state index contributed by atoms with van der Waals surface area (Å²) in [5, 5.41) is 0. The summed E-state index contributed by atoms with van der Waals surface area (Å²) in [4.78, 5) is 11.5. The van der Waals surface area contributed by atoms with E-state index < -0.39 is 0 Å². The molecule has 0 aromatic carbocycles. The molecule has 0 N–H and O–H groups in total. The van der Waals surface area contributed by atoms with Gasteiger partial charge in [0.15, 0.2) is 0 Å². The minimum atomic E-state index is -0.0804. The molecule has 2 nitrogen and oxygen atoms in total. The van der Waals surface area contributed by atoms with E-state index in [1.807, 2.05) is 0 Å². The highest BCUT2D eigenvalue weighted by Gasteiger charge is 2.63. The molecule has 12 heavy (non-hydrogen) atoms. The van der Waals surface area contributed by atoms with Crippen molar-refractivity contribution in [3.63, 3.8) is 0 Å². The molecule has 2 saturated carbocycles. The molecule has 1 heterocycles. The van der Waals surface area contributed by atoms with E-state index in [0.717, 1.165) is 5.92 Å². The molecule has 2 heteroatoms. The first kappa shape index (κ1) is 6.93. The van der Waals surface area contributed by atoms with Crippen LogP contribution < -0.4 is 0 Å². The van der Waals surface area contributed by atoms with Crippen molar-refractivity contribution in [2.45, 2.75) is 26.2 Å². The van der Waals surface area contributed by atoms with Crippen LogP contribution in [0.25, 0.3) is 0 Å². The van der Waals surface area contributed by atoms with Crippen molar-refractivity contribution in [1.29, 1.82) is 0 Å². The van der Waals surface area contributed by atoms with Gasteiger partial charge in [0.05, 0.1) is 12.0 Å². The second kappa shape index (κ2) is 1.86. The maximum Gasteiger partial charge on any atom is 0.312 e. The zero-order valence-electron chi connectivity index (χ0n) is 7.38. The molecule has 0 unspecified atom stereocenters. The van der Waals surface area contributed by atoms with Crippen LogP contribution in [0.5, 0.6) is 0 Å². The van der Waals surface area contributed by atoms with Gasteiger partial charge in [-0.15, -0.1) is 0 Å². The summed E-state index contributed by atoms with van der Waals surface area (Å²) >= 11 is 0. The fraction of sp³-hybridized carbons (Fsp3) is 0.900. The molecule has 66 valence electrons. The van der Waals surface area contributed by atoms with Crippen molar-refractivity contribution in [1.82, 2.24) is 0 Å². The maximum absolute atomic E-state index is 11.5. The fourth-order valence-corrected chi connectivity index (χ4v) is 3.67. The van der Waals surface area contributed by atoms with Gasteiger partial charge in [0, 0.05) is 5.92 Å². The molecule has 1 aliphatic heterocycles. The van der Waals surface area contributed by atoms with Gasteiger partial charge in [-0.05, 0) is 38.0 Å². The standard InChI is InChI=1S/C10H14O2/c1-10-7-3-2-6(4-7)8(10)5-12-9(10)11/h6-8H,2-5H2,1H3/t6-,7-,8-,10+/m0/s1. The molecule has 0 amide bonds. The Hall–Kier alpha value is -0.530. The third-order valence-electron chi connectivity index (χ3n) is 4.49. The Kier molecular flexibility index (Phi) is 1.07. The number of carbonyl (C=O) groups excluding carboxylic acids is 1. The van der Waals surface area contributed by atoms with Gasteiger partial charge in [-0.2, -0.15) is 0 Å². The number of cyclic esters (lactones) is 1. The monoisotopic (exact) mass is 166 g/mol. The van der Waals surface area contributed by atoms with E-state index in [-0.39, 0.29) is 11.4 Å². The molecule has 2 bridgehead atoms. The van der Waals surface area contributed by atoms with Crippen LogP contribution in [0, 0.1) is 23.2 Å². The van der Waals surface area contributed by atoms with Crippen LogP contribution in [0.4, 0.5) is 0 Å². The van der Waals surface area contributed by atoms with E-state index in [4.69, 9.17) is 4.74 Å². The molecular formula is C10H14O2. The first-order chi connectivity index (χ1) is 5.73. The molecule has 4 atom stereocenters. The largest absolute Gasteiger partial charge is 0.465 e. The smallest absolute Gasteiger partial charge is 0.312 e. The SMILES string of the molecule is C[C@]12C(=O)OC[C@H]1[C@H]1CC[C@H]2C1. The van der Waals surface area contributed by atoms with Gasteiger partial charge in [-0.25, -0.2) is 0 Å². The van der Waals surface area contributed by atoms with Gasteiger partial charge in [-0.3, -0.25) is 4.79 Å². The van der Waals surface area contributed by atoms with E-state index in [2.05, 4.69) is 6.92 Å². The van der Waals surface area contributed by atoms with Gasteiger partial charge in [0.25, 0.3) is 0 Å². The molecule has 1 saturated heterocycles. The summed E-state index contributed by atoms with van der Waals surface area (Å²) in [6.07, 6.45) is 3.88. The minimum Gasteiger partial charge on any atom is -0.465 e. The number of ether oxygens (including phenoxy) is 1. The lowest BCUT2D eigenvalue weighted by Gasteiger charge is -2.30. The molecular weight excluding hydrogens is 152 g/mol. The Balaban J connectivity index is 2.06. The zero-order valence-corrected chi connectivity index (χ0v) is 7.38. The second-order valence-electron chi connectivity index (χ2n) is 4.76. The van der Waals surface area contributed by atoms with Gasteiger partial charge < -0.3 is 4.74 Å². The van der Waals surface area contributed by atoms with Gasteiger partial charge >= 0.3 is 5.97 Å². The molecule has 2 aliphatic carbocycles. The van der Waals surface area contributed by atoms with E-state index in [0.29, 0.717) is 18.4 Å². The summed E-state index contributed by atoms with van der Waals surface area (Å²) in [6.45, 7) is 2.83. The summed E-state index contributed by atoms with van der Waals surface area (Å²) in [6, 6.07) is 0. The van der Waals surface area contributed by atoms with Crippen LogP contribution in [-0.4, -0.2) is 12.6 Å². The van der Waals surface area contributed by atoms with Crippen molar-refractivity contribution in [2.24, 2.45) is 23.2 Å². The molecule has 3 rings (SSSR count). The Morgan fingerprint density at radius 1 is 1.50 bits per heavy atom. The summed E-state index contributed by atoms with van der Waals surface area (Å²) < 4.78 is 5.16. The van der Waals surface area contributed by atoms with Crippen LogP contribution in [0.15, 0.2) is 0 Å². The number of fused-ring (bicyclic) bond motifs is 5. The number of hydrogen-bond donors (Lipinski definition) is 0. The van der Waals surface area contributed by atoms with Crippen LogP contribution in [0.2, 0.25) is 0 Å². The molecule has 0 aromatic rings. The maximum atomic E-state index is 11.5. The second-order valence-corrected chi connectivity index (χ2v) is 4.76. The average Bonchev–Trinajstić information content (AvgIpc) is 2.65. The van der Waals surface area contributed by atoms with Gasteiger partial charge in [-0.1, -0.05) is 0 Å². The van der Waals surface area contributed by atoms with Gasteiger partial charge in [0.2, 0.25) is 0 Å². The summed E-state index contributed by atoms with van der Waals surface area (Å²) in [5.41, 5.74) is -0.0804.